The zero-order chi connectivity index (χ0) is 17.6. The van der Waals surface area contributed by atoms with Gasteiger partial charge >= 0.3 is 11.8 Å². The Morgan fingerprint density at radius 3 is 2.76 bits per heavy atom. The predicted molar refractivity (Wildman–Crippen MR) is 94.4 cm³/mol. The van der Waals surface area contributed by atoms with E-state index in [1.54, 1.807) is 12.1 Å². The summed E-state index contributed by atoms with van der Waals surface area (Å²) in [5.74, 6) is -0.984. The molecule has 2 aromatic heterocycles. The monoisotopic (exact) mass is 338 g/mol. The van der Waals surface area contributed by atoms with Crippen molar-refractivity contribution in [2.24, 2.45) is 0 Å². The molecule has 0 bridgehead atoms. The van der Waals surface area contributed by atoms with Gasteiger partial charge in [-0.3, -0.25) is 9.59 Å². The van der Waals surface area contributed by atoms with E-state index in [1.165, 1.54) is 13.3 Å². The van der Waals surface area contributed by atoms with Gasteiger partial charge in [0.1, 0.15) is 0 Å². The maximum Gasteiger partial charge on any atom is 0.313 e. The van der Waals surface area contributed by atoms with Crippen molar-refractivity contribution in [3.8, 4) is 5.88 Å². The molecule has 0 unspecified atom stereocenters. The lowest BCUT2D eigenvalue weighted by Gasteiger charge is -2.06. The Morgan fingerprint density at radius 1 is 1.16 bits per heavy atom. The number of ether oxygens (including phenoxy) is 1. The molecular formula is C18H18N4O3. The Hall–Kier alpha value is -3.35. The van der Waals surface area contributed by atoms with Crippen LogP contribution in [0.4, 0.5) is 5.69 Å². The van der Waals surface area contributed by atoms with Crippen LogP contribution in [0.15, 0.2) is 48.8 Å². The van der Waals surface area contributed by atoms with E-state index < -0.39 is 11.8 Å². The second kappa shape index (κ2) is 7.48. The number of nitrogens with one attached hydrogen (secondary N) is 3. The van der Waals surface area contributed by atoms with Gasteiger partial charge < -0.3 is 20.4 Å². The number of carbonyl (C=O) groups excluding carboxylic acids is 2. The quantitative estimate of drug-likeness (QED) is 0.619. The van der Waals surface area contributed by atoms with E-state index in [1.807, 2.05) is 30.5 Å². The van der Waals surface area contributed by atoms with Crippen molar-refractivity contribution in [3.63, 3.8) is 0 Å². The van der Waals surface area contributed by atoms with Crippen LogP contribution in [0.1, 0.15) is 5.56 Å². The highest BCUT2D eigenvalue weighted by atomic mass is 16.5. The molecule has 7 nitrogen and oxygen atoms in total. The zero-order valence-corrected chi connectivity index (χ0v) is 13.7. The number of nitrogens with zero attached hydrogens (tertiary/aromatic N) is 1. The molecule has 0 fully saturated rings. The summed E-state index contributed by atoms with van der Waals surface area (Å²) in [4.78, 5) is 30.9. The van der Waals surface area contributed by atoms with Crippen LogP contribution in [-0.2, 0) is 16.0 Å². The van der Waals surface area contributed by atoms with Crippen LogP contribution in [0.3, 0.4) is 0 Å². The number of para-hydroxylation sites is 1. The summed E-state index contributed by atoms with van der Waals surface area (Å²) in [5.41, 5.74) is 2.57. The number of aromatic nitrogens is 2. The molecule has 3 N–H and O–H groups in total. The first-order valence-electron chi connectivity index (χ1n) is 7.81. The van der Waals surface area contributed by atoms with E-state index in [0.29, 0.717) is 24.5 Å². The van der Waals surface area contributed by atoms with E-state index in [9.17, 15) is 9.59 Å². The van der Waals surface area contributed by atoms with Crippen LogP contribution in [-0.4, -0.2) is 35.4 Å². The summed E-state index contributed by atoms with van der Waals surface area (Å²) in [6.45, 7) is 0.370. The minimum Gasteiger partial charge on any atom is -0.481 e. The Morgan fingerprint density at radius 2 is 2.00 bits per heavy atom. The van der Waals surface area contributed by atoms with Crippen molar-refractivity contribution < 1.29 is 14.3 Å². The maximum atomic E-state index is 11.9. The summed E-state index contributed by atoms with van der Waals surface area (Å²) in [5, 5.41) is 6.23. The number of amides is 2. The zero-order valence-electron chi connectivity index (χ0n) is 13.7. The van der Waals surface area contributed by atoms with Gasteiger partial charge in [-0.1, -0.05) is 18.2 Å². The molecule has 0 aliphatic carbocycles. The average Bonchev–Trinajstić information content (AvgIpc) is 3.05. The predicted octanol–water partition coefficient (Wildman–Crippen LogP) is 1.87. The third kappa shape index (κ3) is 3.95. The molecule has 1 aromatic carbocycles. The van der Waals surface area contributed by atoms with Crippen LogP contribution in [0.25, 0.3) is 10.9 Å². The van der Waals surface area contributed by atoms with Gasteiger partial charge in [-0.2, -0.15) is 0 Å². The highest BCUT2D eigenvalue weighted by molar-refractivity contribution is 6.39. The lowest BCUT2D eigenvalue weighted by molar-refractivity contribution is -0.136. The molecule has 2 heterocycles. The molecule has 3 aromatic rings. The Bertz CT molecular complexity index is 887. The van der Waals surface area contributed by atoms with E-state index in [4.69, 9.17) is 4.74 Å². The minimum absolute atomic E-state index is 0.370. The SMILES string of the molecule is COc1ccc(NC(=O)C(=O)NCCc2c[nH]c3ccccc23)cn1. The van der Waals surface area contributed by atoms with E-state index >= 15 is 0 Å². The van der Waals surface area contributed by atoms with E-state index in [2.05, 4.69) is 20.6 Å². The fourth-order valence-electron chi connectivity index (χ4n) is 2.49. The Labute approximate surface area is 144 Å². The normalized spacial score (nSPS) is 10.4. The number of pyridine rings is 1. The van der Waals surface area contributed by atoms with Crippen molar-refractivity contribution in [2.75, 3.05) is 19.0 Å². The molecule has 25 heavy (non-hydrogen) atoms. The van der Waals surface area contributed by atoms with Crippen LogP contribution < -0.4 is 15.4 Å². The molecule has 7 heteroatoms. The Kier molecular flexibility index (Phi) is 4.94. The van der Waals surface area contributed by atoms with Gasteiger partial charge in [0.2, 0.25) is 5.88 Å². The molecule has 0 saturated carbocycles. The van der Waals surface area contributed by atoms with Gasteiger partial charge in [-0.05, 0) is 24.1 Å². The standard InChI is InChI=1S/C18H18N4O3/c1-25-16-7-6-13(11-21-16)22-18(24)17(23)19-9-8-12-10-20-15-5-3-2-4-14(12)15/h2-7,10-11,20H,8-9H2,1H3,(H,19,23)(H,22,24). The fraction of sp³-hybridized carbons (Fsp3) is 0.167. The smallest absolute Gasteiger partial charge is 0.313 e. The van der Waals surface area contributed by atoms with Gasteiger partial charge in [0.05, 0.1) is 19.0 Å². The van der Waals surface area contributed by atoms with Crippen LogP contribution in [0, 0.1) is 0 Å². The number of hydrogen-bond acceptors (Lipinski definition) is 4. The third-order valence-electron chi connectivity index (χ3n) is 3.76. The van der Waals surface area contributed by atoms with Gasteiger partial charge in [-0.25, -0.2) is 4.98 Å². The number of fused-ring (bicyclic) bond motifs is 1. The van der Waals surface area contributed by atoms with Crippen LogP contribution in [0.5, 0.6) is 5.88 Å². The summed E-state index contributed by atoms with van der Waals surface area (Å²) in [7, 11) is 1.50. The van der Waals surface area contributed by atoms with Gasteiger partial charge in [0, 0.05) is 29.7 Å². The molecule has 0 atom stereocenters. The summed E-state index contributed by atoms with van der Waals surface area (Å²) >= 11 is 0. The number of hydrogen-bond donors (Lipinski definition) is 3. The average molecular weight is 338 g/mol. The summed E-state index contributed by atoms with van der Waals surface area (Å²) in [6, 6.07) is 11.2. The summed E-state index contributed by atoms with van der Waals surface area (Å²) in [6.07, 6.45) is 3.98. The largest absolute Gasteiger partial charge is 0.481 e. The Balaban J connectivity index is 1.50. The van der Waals surface area contributed by atoms with Crippen LogP contribution in [0.2, 0.25) is 0 Å². The molecule has 0 aliphatic heterocycles. The number of rotatable bonds is 5. The summed E-state index contributed by atoms with van der Waals surface area (Å²) < 4.78 is 4.93. The van der Waals surface area contributed by atoms with Crippen molar-refractivity contribution in [2.45, 2.75) is 6.42 Å². The first kappa shape index (κ1) is 16.5. The highest BCUT2D eigenvalue weighted by Gasteiger charge is 2.13. The third-order valence-corrected chi connectivity index (χ3v) is 3.76. The van der Waals surface area contributed by atoms with E-state index in [-0.39, 0.29) is 0 Å². The number of carbonyl (C=O) groups is 2. The van der Waals surface area contributed by atoms with Crippen molar-refractivity contribution in [1.82, 2.24) is 15.3 Å². The molecule has 2 amide bonds. The molecular weight excluding hydrogens is 320 g/mol. The highest BCUT2D eigenvalue weighted by Crippen LogP contribution is 2.17. The first-order chi connectivity index (χ1) is 12.2. The fourth-order valence-corrected chi connectivity index (χ4v) is 2.49. The van der Waals surface area contributed by atoms with Crippen molar-refractivity contribution >= 4 is 28.4 Å². The van der Waals surface area contributed by atoms with Gasteiger partial charge in [-0.15, -0.1) is 0 Å². The molecule has 0 spiro atoms. The molecule has 3 rings (SSSR count). The molecule has 0 aliphatic rings. The number of aromatic amines is 1. The van der Waals surface area contributed by atoms with E-state index in [0.717, 1.165) is 16.5 Å². The lowest BCUT2D eigenvalue weighted by Crippen LogP contribution is -2.36. The molecule has 128 valence electrons. The molecule has 0 saturated heterocycles. The number of methoxy groups -OCH3 is 1. The topological polar surface area (TPSA) is 96.1 Å². The molecule has 0 radical (unpaired) electrons. The number of H-pyrrole nitrogens is 1. The lowest BCUT2D eigenvalue weighted by atomic mass is 10.1. The number of benzene rings is 1. The van der Waals surface area contributed by atoms with Crippen molar-refractivity contribution in [1.29, 1.82) is 0 Å². The number of anilines is 1. The second-order valence-electron chi connectivity index (χ2n) is 5.41. The maximum absolute atomic E-state index is 11.9. The van der Waals surface area contributed by atoms with Gasteiger partial charge in [0.25, 0.3) is 0 Å². The first-order valence-corrected chi connectivity index (χ1v) is 7.81. The van der Waals surface area contributed by atoms with Gasteiger partial charge in [0.15, 0.2) is 0 Å². The van der Waals surface area contributed by atoms with Crippen LogP contribution >= 0.6 is 0 Å². The van der Waals surface area contributed by atoms with Crippen molar-refractivity contribution in [3.05, 3.63) is 54.4 Å². The second-order valence-corrected chi connectivity index (χ2v) is 5.41. The minimum atomic E-state index is -0.731.